The number of carbonyl (C=O) groups is 1. The number of benzene rings is 3. The predicted octanol–water partition coefficient (Wildman–Crippen LogP) is 5.33. The monoisotopic (exact) mass is 529 g/mol. The summed E-state index contributed by atoms with van der Waals surface area (Å²) in [5.41, 5.74) is 2.69. The van der Waals surface area contributed by atoms with Crippen LogP contribution in [-0.4, -0.2) is 49.5 Å². The Kier molecular flexibility index (Phi) is 8.03. The number of amides is 1. The molecule has 37 heavy (non-hydrogen) atoms. The third-order valence-corrected chi connectivity index (χ3v) is 6.42. The second-order valence-electron chi connectivity index (χ2n) is 8.57. The van der Waals surface area contributed by atoms with Crippen molar-refractivity contribution >= 4 is 17.5 Å². The molecule has 0 bridgehead atoms. The molecule has 0 radical (unpaired) electrons. The van der Waals surface area contributed by atoms with E-state index in [1.807, 2.05) is 36.4 Å². The van der Waals surface area contributed by atoms with Gasteiger partial charge in [0.1, 0.15) is 5.75 Å². The number of rotatable bonds is 7. The highest BCUT2D eigenvalue weighted by atomic mass is 35.5. The van der Waals surface area contributed by atoms with Gasteiger partial charge in [-0.05, 0) is 59.7 Å². The molecule has 0 saturated carbocycles. The third-order valence-electron chi connectivity index (χ3n) is 6.17. The summed E-state index contributed by atoms with van der Waals surface area (Å²) < 4.78 is 46.8. The van der Waals surface area contributed by atoms with E-state index in [2.05, 4.69) is 21.0 Å². The first kappa shape index (κ1) is 26.5. The molecular weight excluding hydrogens is 507 g/mol. The number of methoxy groups -OCH3 is 1. The SMILES string of the molecule is CO[C@H]1CN(C(c2ccc(Cl)cc2)c2ccc(C#N)cc2)C[C@@H]1NC(=O)c1ccc(OC(F)(F)F)cc1. The van der Waals surface area contributed by atoms with Gasteiger partial charge in [0, 0.05) is 30.8 Å². The maximum absolute atomic E-state index is 12.9. The van der Waals surface area contributed by atoms with Crippen molar-refractivity contribution in [3.8, 4) is 11.8 Å². The highest BCUT2D eigenvalue weighted by Crippen LogP contribution is 2.33. The van der Waals surface area contributed by atoms with Crippen LogP contribution >= 0.6 is 11.6 Å². The zero-order chi connectivity index (χ0) is 26.6. The molecule has 1 heterocycles. The molecule has 6 nitrogen and oxygen atoms in total. The molecule has 192 valence electrons. The molecule has 10 heteroatoms. The fourth-order valence-corrected chi connectivity index (χ4v) is 4.58. The van der Waals surface area contributed by atoms with Gasteiger partial charge in [0.25, 0.3) is 5.91 Å². The van der Waals surface area contributed by atoms with Gasteiger partial charge in [0.2, 0.25) is 0 Å². The van der Waals surface area contributed by atoms with Crippen LogP contribution in [0.5, 0.6) is 5.75 Å². The summed E-state index contributed by atoms with van der Waals surface area (Å²) in [6.45, 7) is 0.958. The van der Waals surface area contributed by atoms with Crippen molar-refractivity contribution in [1.29, 1.82) is 5.26 Å². The van der Waals surface area contributed by atoms with Crippen molar-refractivity contribution in [2.24, 2.45) is 0 Å². The molecule has 1 N–H and O–H groups in total. The second kappa shape index (κ2) is 11.2. The number of hydrogen-bond acceptors (Lipinski definition) is 5. The standard InChI is InChI=1S/C27H23ClF3N3O3/c1-36-24-16-34(15-23(24)33-26(35)20-8-12-22(13-9-20)37-27(29,30)31)25(19-6-10-21(28)11-7-19)18-4-2-17(14-32)3-5-18/h2-13,23-25H,15-16H2,1H3,(H,33,35)/t23-,24-,25?/m0/s1. The molecule has 1 aliphatic heterocycles. The number of likely N-dealkylation sites (tertiary alicyclic amines) is 1. The molecular formula is C27H23ClF3N3O3. The molecule has 0 aromatic heterocycles. The smallest absolute Gasteiger partial charge is 0.406 e. The Balaban J connectivity index is 1.54. The van der Waals surface area contributed by atoms with Crippen LogP contribution < -0.4 is 10.1 Å². The Morgan fingerprint density at radius 2 is 1.62 bits per heavy atom. The third kappa shape index (κ3) is 6.60. The zero-order valence-corrected chi connectivity index (χ0v) is 20.5. The minimum absolute atomic E-state index is 0.191. The normalized spacial score (nSPS) is 18.7. The van der Waals surface area contributed by atoms with E-state index in [4.69, 9.17) is 16.3 Å². The van der Waals surface area contributed by atoms with Crippen LogP contribution in [-0.2, 0) is 4.74 Å². The Bertz CT molecular complexity index is 1260. The van der Waals surface area contributed by atoms with E-state index in [0.717, 1.165) is 23.3 Å². The van der Waals surface area contributed by atoms with E-state index in [-0.39, 0.29) is 23.8 Å². The fraction of sp³-hybridized carbons (Fsp3) is 0.259. The number of hydrogen-bond donors (Lipinski definition) is 1. The summed E-state index contributed by atoms with van der Waals surface area (Å²) in [5, 5.41) is 12.7. The van der Waals surface area contributed by atoms with Crippen molar-refractivity contribution in [1.82, 2.24) is 10.2 Å². The van der Waals surface area contributed by atoms with Crippen molar-refractivity contribution in [2.45, 2.75) is 24.6 Å². The summed E-state index contributed by atoms with van der Waals surface area (Å²) in [6, 6.07) is 21.1. The van der Waals surface area contributed by atoms with Crippen molar-refractivity contribution in [3.63, 3.8) is 0 Å². The highest BCUT2D eigenvalue weighted by Gasteiger charge is 2.38. The molecule has 0 spiro atoms. The number of nitrogens with one attached hydrogen (secondary N) is 1. The summed E-state index contributed by atoms with van der Waals surface area (Å²) >= 11 is 6.11. The molecule has 1 unspecified atom stereocenters. The van der Waals surface area contributed by atoms with E-state index in [1.54, 1.807) is 19.2 Å². The molecule has 3 aromatic rings. The van der Waals surface area contributed by atoms with Crippen molar-refractivity contribution < 1.29 is 27.4 Å². The largest absolute Gasteiger partial charge is 0.573 e. The Morgan fingerprint density at radius 3 is 2.16 bits per heavy atom. The van der Waals surface area contributed by atoms with Crippen LogP contribution in [0.1, 0.15) is 33.1 Å². The van der Waals surface area contributed by atoms with Gasteiger partial charge in [-0.1, -0.05) is 35.9 Å². The first-order valence-electron chi connectivity index (χ1n) is 11.4. The van der Waals surface area contributed by atoms with Crippen LogP contribution in [0.2, 0.25) is 5.02 Å². The summed E-state index contributed by atoms with van der Waals surface area (Å²) in [4.78, 5) is 15.1. The van der Waals surface area contributed by atoms with E-state index >= 15 is 0 Å². The first-order chi connectivity index (χ1) is 17.7. The first-order valence-corrected chi connectivity index (χ1v) is 11.7. The van der Waals surface area contributed by atoms with Crippen LogP contribution in [0.4, 0.5) is 13.2 Å². The van der Waals surface area contributed by atoms with E-state index < -0.39 is 18.0 Å². The Labute approximate surface area is 217 Å². The molecule has 1 fully saturated rings. The maximum Gasteiger partial charge on any atom is 0.573 e. The van der Waals surface area contributed by atoms with E-state index in [9.17, 15) is 23.2 Å². The Hall–Kier alpha value is -3.58. The van der Waals surface area contributed by atoms with Gasteiger partial charge in [-0.15, -0.1) is 13.2 Å². The van der Waals surface area contributed by atoms with E-state index in [1.165, 1.54) is 12.1 Å². The minimum atomic E-state index is -4.81. The van der Waals surface area contributed by atoms with Gasteiger partial charge in [-0.3, -0.25) is 9.69 Å². The number of halogens is 4. The highest BCUT2D eigenvalue weighted by molar-refractivity contribution is 6.30. The summed E-state index contributed by atoms with van der Waals surface area (Å²) in [6.07, 6.45) is -5.14. The fourth-order valence-electron chi connectivity index (χ4n) is 4.45. The number of ether oxygens (including phenoxy) is 2. The minimum Gasteiger partial charge on any atom is -0.406 e. The second-order valence-corrected chi connectivity index (χ2v) is 9.00. The number of carbonyl (C=O) groups excluding carboxylic acids is 1. The topological polar surface area (TPSA) is 74.6 Å². The van der Waals surface area contributed by atoms with Crippen LogP contribution in [0.25, 0.3) is 0 Å². The lowest BCUT2D eigenvalue weighted by molar-refractivity contribution is -0.274. The maximum atomic E-state index is 12.9. The molecule has 3 aromatic carbocycles. The van der Waals surface area contributed by atoms with Gasteiger partial charge in [0.15, 0.2) is 0 Å². The molecule has 1 aliphatic rings. The molecule has 4 rings (SSSR count). The molecule has 3 atom stereocenters. The van der Waals surface area contributed by atoms with Crippen LogP contribution in [0, 0.1) is 11.3 Å². The lowest BCUT2D eigenvalue weighted by atomic mass is 9.96. The Morgan fingerprint density at radius 1 is 1.03 bits per heavy atom. The predicted molar refractivity (Wildman–Crippen MR) is 131 cm³/mol. The number of nitriles is 1. The van der Waals surface area contributed by atoms with Crippen LogP contribution in [0.15, 0.2) is 72.8 Å². The molecule has 0 aliphatic carbocycles. The van der Waals surface area contributed by atoms with Gasteiger partial charge in [-0.2, -0.15) is 5.26 Å². The zero-order valence-electron chi connectivity index (χ0n) is 19.7. The quantitative estimate of drug-likeness (QED) is 0.448. The summed E-state index contributed by atoms with van der Waals surface area (Å²) in [7, 11) is 1.57. The van der Waals surface area contributed by atoms with Crippen LogP contribution in [0.3, 0.4) is 0 Å². The summed E-state index contributed by atoms with van der Waals surface area (Å²) in [5.74, 6) is -0.840. The number of alkyl halides is 3. The van der Waals surface area contributed by atoms with Gasteiger partial charge in [-0.25, -0.2) is 0 Å². The lowest BCUT2D eigenvalue weighted by Gasteiger charge is -2.29. The van der Waals surface area contributed by atoms with Gasteiger partial charge < -0.3 is 14.8 Å². The van der Waals surface area contributed by atoms with E-state index in [0.29, 0.717) is 23.7 Å². The average Bonchev–Trinajstić information content (AvgIpc) is 3.27. The van der Waals surface area contributed by atoms with Crippen molar-refractivity contribution in [3.05, 3.63) is 100 Å². The molecule has 1 amide bonds. The van der Waals surface area contributed by atoms with Gasteiger partial charge in [0.05, 0.1) is 29.8 Å². The van der Waals surface area contributed by atoms with Gasteiger partial charge >= 0.3 is 6.36 Å². The number of nitrogens with zero attached hydrogens (tertiary/aromatic N) is 2. The average molecular weight is 530 g/mol. The molecule has 1 saturated heterocycles. The van der Waals surface area contributed by atoms with Crippen molar-refractivity contribution in [2.75, 3.05) is 20.2 Å². The lowest BCUT2D eigenvalue weighted by Crippen LogP contribution is -2.43.